The van der Waals surface area contributed by atoms with E-state index in [1.54, 1.807) is 18.7 Å². The van der Waals surface area contributed by atoms with Crippen LogP contribution in [0.25, 0.3) is 33.5 Å². The predicted molar refractivity (Wildman–Crippen MR) is 121 cm³/mol. The van der Waals surface area contributed by atoms with E-state index >= 15 is 0 Å². The van der Waals surface area contributed by atoms with Crippen LogP contribution in [0.5, 0.6) is 5.88 Å². The standard InChI is InChI=1S/C24H22N6O2/c1-24(31)11-16(12-24)30-21(26)18(13-25)20(29-30)15-8-9-17-19(10-15)27-22(28-23(17)32-2)14-6-4-3-5-7-14/h3-10,16,31H,11-12,26H2,1-2H3/t16-,24-. The van der Waals surface area contributed by atoms with Gasteiger partial charge < -0.3 is 15.6 Å². The molecule has 32 heavy (non-hydrogen) atoms. The monoisotopic (exact) mass is 426 g/mol. The van der Waals surface area contributed by atoms with Crippen molar-refractivity contribution in [1.82, 2.24) is 19.7 Å². The van der Waals surface area contributed by atoms with E-state index in [2.05, 4.69) is 16.2 Å². The van der Waals surface area contributed by atoms with Gasteiger partial charge in [0.2, 0.25) is 5.88 Å². The van der Waals surface area contributed by atoms with E-state index in [9.17, 15) is 10.4 Å². The zero-order chi connectivity index (χ0) is 22.5. The zero-order valence-electron chi connectivity index (χ0n) is 17.8. The summed E-state index contributed by atoms with van der Waals surface area (Å²) < 4.78 is 7.17. The quantitative estimate of drug-likeness (QED) is 0.510. The van der Waals surface area contributed by atoms with Gasteiger partial charge in [0.15, 0.2) is 5.82 Å². The van der Waals surface area contributed by atoms with Crippen LogP contribution in [-0.4, -0.2) is 37.6 Å². The molecule has 0 radical (unpaired) electrons. The minimum atomic E-state index is -0.722. The SMILES string of the molecule is COc1nc(-c2ccccc2)nc2cc(-c3nn([C@H]4C[C@](C)(O)C4)c(N)c3C#N)ccc12. The van der Waals surface area contributed by atoms with Gasteiger partial charge in [-0.05, 0) is 31.9 Å². The largest absolute Gasteiger partial charge is 0.480 e. The fraction of sp³-hybridized carbons (Fsp3) is 0.250. The fourth-order valence-electron chi connectivity index (χ4n) is 4.29. The van der Waals surface area contributed by atoms with Gasteiger partial charge in [0.1, 0.15) is 23.1 Å². The Morgan fingerprint density at radius 2 is 1.91 bits per heavy atom. The van der Waals surface area contributed by atoms with Crippen molar-refractivity contribution in [3.8, 4) is 34.6 Å². The Morgan fingerprint density at radius 1 is 1.16 bits per heavy atom. The third-order valence-electron chi connectivity index (χ3n) is 5.92. The lowest BCUT2D eigenvalue weighted by molar-refractivity contribution is -0.0535. The summed E-state index contributed by atoms with van der Waals surface area (Å²) in [4.78, 5) is 9.28. The molecule has 0 spiro atoms. The number of nitrogens with two attached hydrogens (primary N) is 1. The zero-order valence-corrected chi connectivity index (χ0v) is 17.8. The summed E-state index contributed by atoms with van der Waals surface area (Å²) in [6.07, 6.45) is 1.09. The lowest BCUT2D eigenvalue weighted by Gasteiger charge is -2.41. The highest BCUT2D eigenvalue weighted by Gasteiger charge is 2.41. The first-order valence-corrected chi connectivity index (χ1v) is 10.3. The number of benzene rings is 2. The van der Waals surface area contributed by atoms with Crippen molar-refractivity contribution in [1.29, 1.82) is 5.26 Å². The number of nitrogen functional groups attached to an aromatic ring is 1. The Morgan fingerprint density at radius 3 is 2.56 bits per heavy atom. The minimum absolute atomic E-state index is 0.0293. The number of fused-ring (bicyclic) bond motifs is 1. The average Bonchev–Trinajstić information content (AvgIpc) is 3.12. The molecule has 5 rings (SSSR count). The highest BCUT2D eigenvalue weighted by molar-refractivity contribution is 5.90. The highest BCUT2D eigenvalue weighted by Crippen LogP contribution is 2.43. The number of nitrogens with zero attached hydrogens (tertiary/aromatic N) is 5. The van der Waals surface area contributed by atoms with Crippen LogP contribution < -0.4 is 10.5 Å². The molecule has 4 aromatic rings. The summed E-state index contributed by atoms with van der Waals surface area (Å²) in [5.41, 5.74) is 8.64. The normalized spacial score (nSPS) is 20.0. The molecule has 0 bridgehead atoms. The number of hydrogen-bond donors (Lipinski definition) is 2. The maximum absolute atomic E-state index is 10.1. The van der Waals surface area contributed by atoms with Gasteiger partial charge in [-0.15, -0.1) is 0 Å². The number of nitriles is 1. The lowest BCUT2D eigenvalue weighted by Crippen LogP contribution is -2.42. The first-order chi connectivity index (χ1) is 15.4. The van der Waals surface area contributed by atoms with Gasteiger partial charge in [0.05, 0.1) is 29.7 Å². The molecule has 1 fully saturated rings. The number of hydrogen-bond acceptors (Lipinski definition) is 7. The number of ether oxygens (including phenoxy) is 1. The van der Waals surface area contributed by atoms with Crippen LogP contribution in [0.15, 0.2) is 48.5 Å². The van der Waals surface area contributed by atoms with E-state index < -0.39 is 5.60 Å². The van der Waals surface area contributed by atoms with Crippen LogP contribution >= 0.6 is 0 Å². The van der Waals surface area contributed by atoms with Gasteiger partial charge in [-0.1, -0.05) is 36.4 Å². The summed E-state index contributed by atoms with van der Waals surface area (Å²) >= 11 is 0. The summed E-state index contributed by atoms with van der Waals surface area (Å²) in [5.74, 6) is 1.34. The topological polar surface area (TPSA) is 123 Å². The van der Waals surface area contributed by atoms with E-state index in [1.807, 2.05) is 48.5 Å². The first-order valence-electron chi connectivity index (χ1n) is 10.3. The molecule has 3 N–H and O–H groups in total. The van der Waals surface area contributed by atoms with Crippen molar-refractivity contribution in [3.63, 3.8) is 0 Å². The van der Waals surface area contributed by atoms with Crippen LogP contribution in [-0.2, 0) is 0 Å². The number of anilines is 1. The molecule has 0 saturated heterocycles. The molecule has 8 heteroatoms. The molecule has 8 nitrogen and oxygen atoms in total. The molecule has 1 aliphatic rings. The smallest absolute Gasteiger partial charge is 0.224 e. The van der Waals surface area contributed by atoms with E-state index in [4.69, 9.17) is 15.5 Å². The average molecular weight is 426 g/mol. The fourth-order valence-corrected chi connectivity index (χ4v) is 4.29. The van der Waals surface area contributed by atoms with Crippen molar-refractivity contribution in [2.75, 3.05) is 12.8 Å². The molecular weight excluding hydrogens is 404 g/mol. The predicted octanol–water partition coefficient (Wildman–Crippen LogP) is 3.71. The second-order valence-corrected chi connectivity index (χ2v) is 8.38. The van der Waals surface area contributed by atoms with Crippen LogP contribution in [0.3, 0.4) is 0 Å². The summed E-state index contributed by atoms with van der Waals surface area (Å²) in [7, 11) is 1.58. The number of rotatable bonds is 4. The molecule has 1 saturated carbocycles. The van der Waals surface area contributed by atoms with E-state index in [1.165, 1.54) is 0 Å². The second-order valence-electron chi connectivity index (χ2n) is 8.38. The van der Waals surface area contributed by atoms with Crippen molar-refractivity contribution >= 4 is 16.7 Å². The van der Waals surface area contributed by atoms with Crippen LogP contribution in [0, 0.1) is 11.3 Å². The van der Waals surface area contributed by atoms with Crippen molar-refractivity contribution in [3.05, 3.63) is 54.1 Å². The first kappa shape index (κ1) is 20.0. The summed E-state index contributed by atoms with van der Waals surface area (Å²) in [5, 5.41) is 25.3. The van der Waals surface area contributed by atoms with Crippen LogP contribution in [0.4, 0.5) is 5.82 Å². The third kappa shape index (κ3) is 3.24. The molecule has 2 aromatic carbocycles. The van der Waals surface area contributed by atoms with Gasteiger partial charge >= 0.3 is 0 Å². The van der Waals surface area contributed by atoms with Crippen LogP contribution in [0.2, 0.25) is 0 Å². The maximum atomic E-state index is 10.1. The van der Waals surface area contributed by atoms with Gasteiger partial charge in [0.25, 0.3) is 0 Å². The minimum Gasteiger partial charge on any atom is -0.480 e. The molecule has 0 amide bonds. The number of methoxy groups -OCH3 is 1. The summed E-state index contributed by atoms with van der Waals surface area (Å²) in [6, 6.07) is 17.4. The molecule has 0 unspecified atom stereocenters. The van der Waals surface area contributed by atoms with Gasteiger partial charge in [-0.25, -0.2) is 9.67 Å². The Hall–Kier alpha value is -3.96. The molecule has 2 heterocycles. The molecular formula is C24H22N6O2. The molecule has 0 atom stereocenters. The summed E-state index contributed by atoms with van der Waals surface area (Å²) in [6.45, 7) is 1.79. The van der Waals surface area contributed by atoms with Crippen LogP contribution in [0.1, 0.15) is 31.4 Å². The highest BCUT2D eigenvalue weighted by atomic mass is 16.5. The Kier molecular flexibility index (Phi) is 4.57. The van der Waals surface area contributed by atoms with Gasteiger partial charge in [0, 0.05) is 11.1 Å². The third-order valence-corrected chi connectivity index (χ3v) is 5.92. The van der Waals surface area contributed by atoms with Crippen molar-refractivity contribution in [2.24, 2.45) is 0 Å². The molecule has 0 aliphatic heterocycles. The van der Waals surface area contributed by atoms with Gasteiger partial charge in [-0.2, -0.15) is 15.3 Å². The molecule has 2 aromatic heterocycles. The Balaban J connectivity index is 1.63. The van der Waals surface area contributed by atoms with Gasteiger partial charge in [-0.3, -0.25) is 0 Å². The molecule has 160 valence electrons. The Labute approximate surface area is 184 Å². The van der Waals surface area contributed by atoms with E-state index in [0.717, 1.165) is 16.5 Å². The van der Waals surface area contributed by atoms with E-state index in [-0.39, 0.29) is 6.04 Å². The van der Waals surface area contributed by atoms with Crippen molar-refractivity contribution < 1.29 is 9.84 Å². The maximum Gasteiger partial charge on any atom is 0.224 e. The van der Waals surface area contributed by atoms with E-state index in [0.29, 0.717) is 47.1 Å². The number of aliphatic hydroxyl groups is 1. The Bertz CT molecular complexity index is 1360. The number of aromatic nitrogens is 4. The lowest BCUT2D eigenvalue weighted by atomic mass is 9.77. The second kappa shape index (κ2) is 7.32. The molecule has 1 aliphatic carbocycles. The van der Waals surface area contributed by atoms with Crippen molar-refractivity contribution in [2.45, 2.75) is 31.4 Å².